The average molecular weight is 418 g/mol. The molecule has 3 nitrogen and oxygen atoms in total. The number of fused-ring (bicyclic) bond motifs is 6. The third-order valence-electron chi connectivity index (χ3n) is 5.97. The first-order valence-electron chi connectivity index (χ1n) is 10.3. The Kier molecular flexibility index (Phi) is 4.05. The van der Waals surface area contributed by atoms with E-state index in [4.69, 9.17) is 5.10 Å². The topological polar surface area (TPSA) is 45.8 Å². The molecule has 0 bridgehead atoms. The molecule has 0 saturated carbocycles. The molecule has 148 valence electrons. The van der Waals surface area contributed by atoms with Gasteiger partial charge in [-0.25, -0.2) is 0 Å². The maximum atomic E-state index is 15.0. The summed E-state index contributed by atoms with van der Waals surface area (Å²) in [6.07, 6.45) is 0. The maximum Gasteiger partial charge on any atom is 0.188 e. The summed E-state index contributed by atoms with van der Waals surface area (Å²) < 4.78 is 15.0. The molecule has 0 aliphatic carbocycles. The van der Waals surface area contributed by atoms with Gasteiger partial charge in [0.15, 0.2) is 7.14 Å². The van der Waals surface area contributed by atoms with Gasteiger partial charge in [-0.3, -0.25) is 5.10 Å². The molecule has 0 atom stereocenters. The van der Waals surface area contributed by atoms with Crippen molar-refractivity contribution in [1.82, 2.24) is 10.2 Å². The number of hydrogen-bond donors (Lipinski definition) is 1. The van der Waals surface area contributed by atoms with E-state index in [0.717, 1.165) is 43.1 Å². The fourth-order valence-corrected chi connectivity index (χ4v) is 7.28. The van der Waals surface area contributed by atoms with Gasteiger partial charge in [-0.05, 0) is 16.2 Å². The fraction of sp³-hybridized carbons (Fsp3) is 0. The van der Waals surface area contributed by atoms with Crippen molar-refractivity contribution in [2.45, 2.75) is 0 Å². The molecule has 4 heteroatoms. The Labute approximate surface area is 179 Å². The summed E-state index contributed by atoms with van der Waals surface area (Å²) in [5, 5.41) is 14.9. The van der Waals surface area contributed by atoms with Gasteiger partial charge in [-0.15, -0.1) is 0 Å². The smallest absolute Gasteiger partial charge is 0.188 e. The average Bonchev–Trinajstić information content (AvgIpc) is 3.31. The lowest BCUT2D eigenvalue weighted by molar-refractivity contribution is 0.592. The van der Waals surface area contributed by atoms with Crippen molar-refractivity contribution in [2.75, 3.05) is 0 Å². The van der Waals surface area contributed by atoms with Crippen LogP contribution in [0.25, 0.3) is 32.4 Å². The zero-order valence-electron chi connectivity index (χ0n) is 16.7. The number of rotatable bonds is 3. The van der Waals surface area contributed by atoms with E-state index in [9.17, 15) is 0 Å². The van der Waals surface area contributed by atoms with E-state index in [1.807, 2.05) is 84.9 Å². The summed E-state index contributed by atoms with van der Waals surface area (Å²) in [6.45, 7) is 0. The second-order valence-corrected chi connectivity index (χ2v) is 10.4. The largest absolute Gasteiger partial charge is 0.307 e. The van der Waals surface area contributed by atoms with Crippen LogP contribution in [0, 0.1) is 0 Å². The molecule has 6 rings (SSSR count). The standard InChI is InChI=1S/C27H19N2OP/c30-31(19-11-3-1-4-12-19,20-13-5-2-6-14-20)27-25-23-17-9-7-15-21(23)22-16-8-10-18-24(22)26(25)28-29-27/h1-18H,(H,28,29). The van der Waals surface area contributed by atoms with E-state index < -0.39 is 7.14 Å². The van der Waals surface area contributed by atoms with Crippen LogP contribution in [0.1, 0.15) is 0 Å². The Morgan fingerprint density at radius 1 is 0.548 bits per heavy atom. The summed E-state index contributed by atoms with van der Waals surface area (Å²) in [6, 6.07) is 36.1. The summed E-state index contributed by atoms with van der Waals surface area (Å²) in [4.78, 5) is 0. The second kappa shape index (κ2) is 6.94. The van der Waals surface area contributed by atoms with Gasteiger partial charge < -0.3 is 4.57 Å². The van der Waals surface area contributed by atoms with Gasteiger partial charge in [-0.1, -0.05) is 109 Å². The lowest BCUT2D eigenvalue weighted by Gasteiger charge is -2.19. The predicted molar refractivity (Wildman–Crippen MR) is 130 cm³/mol. The molecule has 0 aliphatic heterocycles. The van der Waals surface area contributed by atoms with Crippen LogP contribution in [-0.4, -0.2) is 10.2 Å². The normalized spacial score (nSPS) is 12.0. The number of hydrogen-bond acceptors (Lipinski definition) is 2. The van der Waals surface area contributed by atoms with Crippen LogP contribution in [0.2, 0.25) is 0 Å². The van der Waals surface area contributed by atoms with Crippen LogP contribution in [0.5, 0.6) is 0 Å². The minimum atomic E-state index is -3.17. The molecule has 0 unspecified atom stereocenters. The van der Waals surface area contributed by atoms with Crippen molar-refractivity contribution in [2.24, 2.45) is 0 Å². The molecule has 0 aliphatic rings. The molecule has 0 spiro atoms. The third kappa shape index (κ3) is 2.60. The van der Waals surface area contributed by atoms with Gasteiger partial charge in [-0.2, -0.15) is 5.10 Å². The maximum absolute atomic E-state index is 15.0. The molecular weight excluding hydrogens is 399 g/mol. The molecule has 0 saturated heterocycles. The quantitative estimate of drug-likeness (QED) is 0.304. The molecule has 6 aromatic rings. The van der Waals surface area contributed by atoms with E-state index in [-0.39, 0.29) is 0 Å². The van der Waals surface area contributed by atoms with Crippen LogP contribution in [-0.2, 0) is 4.57 Å². The van der Waals surface area contributed by atoms with Gasteiger partial charge in [0, 0.05) is 21.4 Å². The highest BCUT2D eigenvalue weighted by Gasteiger charge is 2.34. The van der Waals surface area contributed by atoms with Crippen LogP contribution >= 0.6 is 7.14 Å². The number of aromatic amines is 1. The van der Waals surface area contributed by atoms with Crippen molar-refractivity contribution in [3.8, 4) is 0 Å². The van der Waals surface area contributed by atoms with Crippen molar-refractivity contribution >= 4 is 55.6 Å². The Hall–Kier alpha value is -3.68. The van der Waals surface area contributed by atoms with E-state index in [0.29, 0.717) is 5.44 Å². The van der Waals surface area contributed by atoms with Crippen molar-refractivity contribution in [1.29, 1.82) is 0 Å². The summed E-state index contributed by atoms with van der Waals surface area (Å²) in [7, 11) is -3.17. The minimum Gasteiger partial charge on any atom is -0.307 e. The highest BCUT2D eigenvalue weighted by atomic mass is 31.2. The van der Waals surface area contributed by atoms with Crippen molar-refractivity contribution in [3.05, 3.63) is 109 Å². The fourth-order valence-electron chi connectivity index (χ4n) is 4.55. The third-order valence-corrected chi connectivity index (χ3v) is 8.97. The zero-order chi connectivity index (χ0) is 20.8. The summed E-state index contributed by atoms with van der Waals surface area (Å²) in [5.74, 6) is 0. The molecule has 0 amide bonds. The first-order chi connectivity index (χ1) is 15.3. The predicted octanol–water partition coefficient (Wildman–Crippen LogP) is 5.51. The lowest BCUT2D eigenvalue weighted by atomic mass is 9.98. The zero-order valence-corrected chi connectivity index (χ0v) is 17.6. The van der Waals surface area contributed by atoms with E-state index >= 15 is 4.57 Å². The molecule has 0 radical (unpaired) electrons. The molecule has 1 aromatic heterocycles. The Bertz CT molecular complexity index is 1560. The first-order valence-corrected chi connectivity index (χ1v) is 12.0. The monoisotopic (exact) mass is 418 g/mol. The highest BCUT2D eigenvalue weighted by Crippen LogP contribution is 2.46. The second-order valence-electron chi connectivity index (χ2n) is 7.67. The summed E-state index contributed by atoms with van der Waals surface area (Å²) in [5.41, 5.74) is 1.54. The van der Waals surface area contributed by atoms with Gasteiger partial charge in [0.2, 0.25) is 0 Å². The lowest BCUT2D eigenvalue weighted by Crippen LogP contribution is -2.26. The summed E-state index contributed by atoms with van der Waals surface area (Å²) >= 11 is 0. The van der Waals surface area contributed by atoms with Gasteiger partial charge in [0.05, 0.1) is 0 Å². The van der Waals surface area contributed by atoms with E-state index in [1.54, 1.807) is 0 Å². The molecular formula is C27H19N2OP. The number of nitrogens with one attached hydrogen (secondary N) is 1. The number of H-pyrrole nitrogens is 1. The van der Waals surface area contributed by atoms with Gasteiger partial charge >= 0.3 is 0 Å². The molecule has 1 heterocycles. The van der Waals surface area contributed by atoms with Crippen LogP contribution < -0.4 is 16.0 Å². The van der Waals surface area contributed by atoms with Crippen molar-refractivity contribution < 1.29 is 4.57 Å². The molecule has 1 N–H and O–H groups in total. The SMILES string of the molecule is O=P(c1ccccc1)(c1ccccc1)c1[nH]nc2c3ccccc3c3ccccc3c12. The van der Waals surface area contributed by atoms with Gasteiger partial charge in [0.25, 0.3) is 0 Å². The highest BCUT2D eigenvalue weighted by molar-refractivity contribution is 7.85. The van der Waals surface area contributed by atoms with Crippen LogP contribution in [0.15, 0.2) is 109 Å². The Morgan fingerprint density at radius 3 is 1.58 bits per heavy atom. The number of nitrogens with zero attached hydrogens (tertiary/aromatic N) is 1. The molecule has 0 fully saturated rings. The van der Waals surface area contributed by atoms with E-state index in [1.165, 1.54) is 0 Å². The molecule has 5 aromatic carbocycles. The minimum absolute atomic E-state index is 0.682. The van der Waals surface area contributed by atoms with E-state index in [2.05, 4.69) is 29.4 Å². The van der Waals surface area contributed by atoms with Crippen LogP contribution in [0.4, 0.5) is 0 Å². The Morgan fingerprint density at radius 2 is 1.00 bits per heavy atom. The van der Waals surface area contributed by atoms with Crippen LogP contribution in [0.3, 0.4) is 0 Å². The number of aromatic nitrogens is 2. The first kappa shape index (κ1) is 18.1. The molecule has 31 heavy (non-hydrogen) atoms. The number of benzene rings is 5. The van der Waals surface area contributed by atoms with Gasteiger partial charge in [0.1, 0.15) is 11.0 Å². The Balaban J connectivity index is 1.82. The van der Waals surface area contributed by atoms with Crippen molar-refractivity contribution in [3.63, 3.8) is 0 Å².